The van der Waals surface area contributed by atoms with Crippen molar-refractivity contribution in [3.63, 3.8) is 0 Å². The largest absolute Gasteiger partial charge is 0.457 e. The molecule has 0 spiro atoms. The number of aromatic nitrogens is 4. The van der Waals surface area contributed by atoms with Gasteiger partial charge in [0.2, 0.25) is 0 Å². The minimum absolute atomic E-state index is 0.811. The highest BCUT2D eigenvalue weighted by atomic mass is 16.5. The second-order valence-electron chi connectivity index (χ2n) is 9.42. The highest BCUT2D eigenvalue weighted by molar-refractivity contribution is 5.77. The van der Waals surface area contributed by atoms with E-state index >= 15 is 0 Å². The number of imidazole rings is 1. The van der Waals surface area contributed by atoms with Crippen LogP contribution in [0.3, 0.4) is 0 Å². The van der Waals surface area contributed by atoms with Gasteiger partial charge in [-0.3, -0.25) is 5.10 Å². The van der Waals surface area contributed by atoms with E-state index < -0.39 is 0 Å². The molecule has 2 aromatic carbocycles. The molecule has 0 aliphatic heterocycles. The van der Waals surface area contributed by atoms with Crippen LogP contribution in [-0.2, 0) is 6.42 Å². The predicted molar refractivity (Wildman–Crippen MR) is 133 cm³/mol. The average molecular weight is 443 g/mol. The topological polar surface area (TPSA) is 66.6 Å². The van der Waals surface area contributed by atoms with Crippen molar-refractivity contribution in [1.29, 1.82) is 0 Å². The summed E-state index contributed by atoms with van der Waals surface area (Å²) >= 11 is 0. The van der Waals surface area contributed by atoms with Crippen LogP contribution in [0.1, 0.15) is 64.1 Å². The third-order valence-electron chi connectivity index (χ3n) is 7.23. The first-order chi connectivity index (χ1) is 16.3. The summed E-state index contributed by atoms with van der Waals surface area (Å²) < 4.78 is 6.09. The standard InChI is InChI=1S/C28H34N4O/c1-2-20(21-7-4-3-5-8-21)9-6-10-28-30-26-16-15-24(19-27(26)31-28)33-23-13-11-22(12-14-23)25-17-18-29-32-25/h11-21H,2-10H2,1H3,(H,29,32)(H,30,31). The summed E-state index contributed by atoms with van der Waals surface area (Å²) in [6.07, 6.45) is 13.8. The van der Waals surface area contributed by atoms with E-state index in [1.807, 2.05) is 48.5 Å². The van der Waals surface area contributed by atoms with Gasteiger partial charge < -0.3 is 9.72 Å². The smallest absolute Gasteiger partial charge is 0.129 e. The van der Waals surface area contributed by atoms with Crippen molar-refractivity contribution in [2.24, 2.45) is 11.8 Å². The van der Waals surface area contributed by atoms with Crippen molar-refractivity contribution in [3.8, 4) is 22.8 Å². The monoisotopic (exact) mass is 442 g/mol. The number of hydrogen-bond donors (Lipinski definition) is 2. The molecular formula is C28H34N4O. The van der Waals surface area contributed by atoms with E-state index in [0.29, 0.717) is 0 Å². The number of nitrogens with zero attached hydrogens (tertiary/aromatic N) is 2. The van der Waals surface area contributed by atoms with Gasteiger partial charge >= 0.3 is 0 Å². The Morgan fingerprint density at radius 3 is 2.58 bits per heavy atom. The second-order valence-corrected chi connectivity index (χ2v) is 9.42. The van der Waals surface area contributed by atoms with E-state index in [1.54, 1.807) is 6.20 Å². The van der Waals surface area contributed by atoms with Crippen LogP contribution in [0.4, 0.5) is 0 Å². The summed E-state index contributed by atoms with van der Waals surface area (Å²) in [7, 11) is 0. The molecule has 5 heteroatoms. The Bertz CT molecular complexity index is 1140. The number of aromatic amines is 2. The quantitative estimate of drug-likeness (QED) is 0.279. The molecule has 0 bridgehead atoms. The first-order valence-corrected chi connectivity index (χ1v) is 12.5. The molecule has 1 saturated carbocycles. The highest BCUT2D eigenvalue weighted by Gasteiger charge is 2.22. The van der Waals surface area contributed by atoms with Crippen LogP contribution in [0.15, 0.2) is 54.7 Å². The van der Waals surface area contributed by atoms with Gasteiger partial charge in [0.1, 0.15) is 17.3 Å². The number of aryl methyl sites for hydroxylation is 1. The van der Waals surface area contributed by atoms with Gasteiger partial charge in [-0.1, -0.05) is 45.4 Å². The van der Waals surface area contributed by atoms with Crippen molar-refractivity contribution in [2.45, 2.75) is 64.7 Å². The van der Waals surface area contributed by atoms with Crippen LogP contribution in [0.25, 0.3) is 22.3 Å². The van der Waals surface area contributed by atoms with Crippen LogP contribution in [0, 0.1) is 11.8 Å². The minimum atomic E-state index is 0.811. The Balaban J connectivity index is 1.19. The van der Waals surface area contributed by atoms with Crippen molar-refractivity contribution in [3.05, 3.63) is 60.6 Å². The summed E-state index contributed by atoms with van der Waals surface area (Å²) in [5, 5.41) is 6.99. The van der Waals surface area contributed by atoms with Gasteiger partial charge in [0.15, 0.2) is 0 Å². The van der Waals surface area contributed by atoms with Gasteiger partial charge in [0, 0.05) is 18.7 Å². The highest BCUT2D eigenvalue weighted by Crippen LogP contribution is 2.34. The van der Waals surface area contributed by atoms with Gasteiger partial charge in [0.25, 0.3) is 0 Å². The number of benzene rings is 2. The molecule has 1 aliphatic carbocycles. The molecule has 33 heavy (non-hydrogen) atoms. The van der Waals surface area contributed by atoms with E-state index in [0.717, 1.165) is 57.9 Å². The van der Waals surface area contributed by atoms with Crippen LogP contribution in [0.5, 0.6) is 11.5 Å². The molecule has 0 radical (unpaired) electrons. The Labute approximate surface area is 196 Å². The average Bonchev–Trinajstić information content (AvgIpc) is 3.53. The number of ether oxygens (including phenoxy) is 1. The fourth-order valence-corrected chi connectivity index (χ4v) is 5.39. The van der Waals surface area contributed by atoms with E-state index in [-0.39, 0.29) is 0 Å². The Morgan fingerprint density at radius 2 is 1.82 bits per heavy atom. The zero-order valence-corrected chi connectivity index (χ0v) is 19.5. The molecule has 0 amide bonds. The van der Waals surface area contributed by atoms with Crippen molar-refractivity contribution in [1.82, 2.24) is 20.2 Å². The molecular weight excluding hydrogens is 408 g/mol. The molecule has 1 unspecified atom stereocenters. The molecule has 2 heterocycles. The lowest BCUT2D eigenvalue weighted by Crippen LogP contribution is -2.17. The summed E-state index contributed by atoms with van der Waals surface area (Å²) in [5.74, 6) is 4.55. The summed E-state index contributed by atoms with van der Waals surface area (Å²) in [6.45, 7) is 2.37. The first-order valence-electron chi connectivity index (χ1n) is 12.5. The summed E-state index contributed by atoms with van der Waals surface area (Å²) in [6, 6.07) is 16.1. The Kier molecular flexibility index (Phi) is 6.75. The van der Waals surface area contributed by atoms with Crippen molar-refractivity contribution < 1.29 is 4.74 Å². The van der Waals surface area contributed by atoms with Gasteiger partial charge in [-0.15, -0.1) is 0 Å². The molecule has 2 N–H and O–H groups in total. The number of fused-ring (bicyclic) bond motifs is 1. The van der Waals surface area contributed by atoms with Gasteiger partial charge in [-0.2, -0.15) is 5.10 Å². The molecule has 4 aromatic rings. The van der Waals surface area contributed by atoms with Gasteiger partial charge in [-0.25, -0.2) is 4.98 Å². The Hall–Kier alpha value is -3.08. The maximum absolute atomic E-state index is 6.09. The lowest BCUT2D eigenvalue weighted by molar-refractivity contribution is 0.226. The number of hydrogen-bond acceptors (Lipinski definition) is 3. The maximum Gasteiger partial charge on any atom is 0.129 e. The van der Waals surface area contributed by atoms with Crippen LogP contribution >= 0.6 is 0 Å². The lowest BCUT2D eigenvalue weighted by atomic mass is 9.77. The summed E-state index contributed by atoms with van der Waals surface area (Å²) in [4.78, 5) is 8.33. The molecule has 1 aliphatic rings. The number of rotatable bonds is 9. The predicted octanol–water partition coefficient (Wildman–Crippen LogP) is 7.67. The lowest BCUT2D eigenvalue weighted by Gasteiger charge is -2.29. The zero-order valence-electron chi connectivity index (χ0n) is 19.5. The normalized spacial score (nSPS) is 15.7. The van der Waals surface area contributed by atoms with E-state index in [4.69, 9.17) is 9.72 Å². The zero-order chi connectivity index (χ0) is 22.5. The summed E-state index contributed by atoms with van der Waals surface area (Å²) in [5.41, 5.74) is 4.13. The van der Waals surface area contributed by atoms with Crippen molar-refractivity contribution in [2.75, 3.05) is 0 Å². The fraction of sp³-hybridized carbons (Fsp3) is 0.429. The third kappa shape index (κ3) is 5.29. The molecule has 2 aromatic heterocycles. The third-order valence-corrected chi connectivity index (χ3v) is 7.23. The molecule has 1 atom stereocenters. The molecule has 0 saturated heterocycles. The molecule has 5 nitrogen and oxygen atoms in total. The Morgan fingerprint density at radius 1 is 1.00 bits per heavy atom. The van der Waals surface area contributed by atoms with Crippen LogP contribution in [-0.4, -0.2) is 20.2 Å². The van der Waals surface area contributed by atoms with E-state index in [9.17, 15) is 0 Å². The van der Waals surface area contributed by atoms with Crippen LogP contribution in [0.2, 0.25) is 0 Å². The fourth-order valence-electron chi connectivity index (χ4n) is 5.39. The second kappa shape index (κ2) is 10.2. The minimum Gasteiger partial charge on any atom is -0.457 e. The molecule has 1 fully saturated rings. The number of H-pyrrole nitrogens is 2. The van der Waals surface area contributed by atoms with E-state index in [1.165, 1.54) is 51.4 Å². The van der Waals surface area contributed by atoms with Crippen LogP contribution < -0.4 is 4.74 Å². The van der Waals surface area contributed by atoms with Crippen molar-refractivity contribution >= 4 is 11.0 Å². The maximum atomic E-state index is 6.09. The number of nitrogens with one attached hydrogen (secondary N) is 2. The van der Waals surface area contributed by atoms with Gasteiger partial charge in [0.05, 0.1) is 16.7 Å². The SMILES string of the molecule is CCC(CCCc1nc2ccc(Oc3ccc(-c4ccn[nH]4)cc3)cc2[nH]1)C1CCCCC1. The van der Waals surface area contributed by atoms with Gasteiger partial charge in [-0.05, 0) is 72.7 Å². The first kappa shape index (κ1) is 21.7. The van der Waals surface area contributed by atoms with E-state index in [2.05, 4.69) is 22.1 Å². The molecule has 5 rings (SSSR count). The molecule has 172 valence electrons.